The van der Waals surface area contributed by atoms with Crippen LogP contribution < -0.4 is 10.6 Å². The van der Waals surface area contributed by atoms with Gasteiger partial charge in [0.25, 0.3) is 5.91 Å². The molecule has 0 bridgehead atoms. The number of nitrogens with one attached hydrogen (secondary N) is 2. The molecule has 4 rings (SSSR count). The van der Waals surface area contributed by atoms with Gasteiger partial charge in [0.2, 0.25) is 5.91 Å². The summed E-state index contributed by atoms with van der Waals surface area (Å²) in [6, 6.07) is 25.8. The van der Waals surface area contributed by atoms with Gasteiger partial charge in [0.05, 0.1) is 0 Å². The van der Waals surface area contributed by atoms with Gasteiger partial charge in [0, 0.05) is 11.7 Å². The SMILES string of the molecule is CC(S)CC(C(=O)O)N1C(=O)N[C@@H](CCC(=O)NC(c2ccccc2)(c2ccccc2)c2ccccc2)C1=O. The number of carboxylic acids is 1. The molecule has 0 spiro atoms. The van der Waals surface area contributed by atoms with E-state index in [-0.39, 0.29) is 30.4 Å². The summed E-state index contributed by atoms with van der Waals surface area (Å²) in [6.45, 7) is 1.69. The van der Waals surface area contributed by atoms with Gasteiger partial charge in [0.15, 0.2) is 0 Å². The monoisotopic (exact) mass is 545 g/mol. The third kappa shape index (κ3) is 5.98. The molecular weight excluding hydrogens is 514 g/mol. The summed E-state index contributed by atoms with van der Waals surface area (Å²) in [4.78, 5) is 51.6. The van der Waals surface area contributed by atoms with Crippen molar-refractivity contribution in [2.45, 2.75) is 49.1 Å². The number of carbonyl (C=O) groups excluding carboxylic acids is 3. The summed E-state index contributed by atoms with van der Waals surface area (Å²) in [5.74, 6) is -2.27. The van der Waals surface area contributed by atoms with Crippen molar-refractivity contribution >= 4 is 36.4 Å². The first kappa shape index (κ1) is 27.9. The minimum atomic E-state index is -1.33. The Kier molecular flexibility index (Phi) is 8.71. The first-order valence-corrected chi connectivity index (χ1v) is 13.3. The highest BCUT2D eigenvalue weighted by Crippen LogP contribution is 2.37. The molecule has 1 fully saturated rings. The highest BCUT2D eigenvalue weighted by atomic mass is 32.1. The Morgan fingerprint density at radius 1 is 0.923 bits per heavy atom. The third-order valence-corrected chi connectivity index (χ3v) is 7.03. The van der Waals surface area contributed by atoms with E-state index in [1.54, 1.807) is 6.92 Å². The lowest BCUT2D eigenvalue weighted by molar-refractivity contribution is -0.147. The zero-order valence-electron chi connectivity index (χ0n) is 21.5. The average Bonchev–Trinajstić information content (AvgIpc) is 3.22. The van der Waals surface area contributed by atoms with Crippen LogP contribution in [0.1, 0.15) is 42.9 Å². The van der Waals surface area contributed by atoms with Crippen molar-refractivity contribution in [1.29, 1.82) is 0 Å². The maximum absolute atomic E-state index is 13.5. The zero-order chi connectivity index (χ0) is 28.0. The Bertz CT molecular complexity index is 1220. The number of carboxylic acid groups (broad SMARTS) is 1. The van der Waals surface area contributed by atoms with Gasteiger partial charge in [-0.3, -0.25) is 9.59 Å². The summed E-state index contributed by atoms with van der Waals surface area (Å²) in [7, 11) is 0. The van der Waals surface area contributed by atoms with Crippen LogP contribution in [0.25, 0.3) is 0 Å². The molecule has 0 aromatic heterocycles. The number of aliphatic carboxylic acids is 1. The Morgan fingerprint density at radius 2 is 1.38 bits per heavy atom. The molecule has 0 aliphatic carbocycles. The zero-order valence-corrected chi connectivity index (χ0v) is 22.4. The van der Waals surface area contributed by atoms with Gasteiger partial charge in [-0.2, -0.15) is 12.6 Å². The van der Waals surface area contributed by atoms with Crippen molar-refractivity contribution in [1.82, 2.24) is 15.5 Å². The summed E-state index contributed by atoms with van der Waals surface area (Å²) >= 11 is 4.22. The standard InChI is InChI=1S/C30H31N3O5S/c1-20(39)19-25(28(36)37)33-27(35)24(31-29(33)38)17-18-26(34)32-30(21-11-5-2-6-12-21,22-13-7-3-8-14-22)23-15-9-4-10-16-23/h2-16,20,24-25,39H,17-19H2,1H3,(H,31,38)(H,32,34)(H,36,37)/t20?,24-,25?/m0/s1. The van der Waals surface area contributed by atoms with Crippen molar-refractivity contribution in [3.8, 4) is 0 Å². The Balaban J connectivity index is 1.59. The lowest BCUT2D eigenvalue weighted by Crippen LogP contribution is -2.48. The number of rotatable bonds is 11. The summed E-state index contributed by atoms with van der Waals surface area (Å²) in [5.41, 5.74) is 1.57. The Hall–Kier alpha value is -4.11. The number of amides is 4. The number of thiol groups is 1. The molecule has 1 aliphatic rings. The van der Waals surface area contributed by atoms with Crippen molar-refractivity contribution in [3.63, 3.8) is 0 Å². The highest BCUT2D eigenvalue weighted by molar-refractivity contribution is 7.80. The lowest BCUT2D eigenvalue weighted by atomic mass is 9.77. The van der Waals surface area contributed by atoms with E-state index in [0.29, 0.717) is 0 Å². The number of urea groups is 1. The molecule has 2 unspecified atom stereocenters. The third-order valence-electron chi connectivity index (χ3n) is 6.82. The van der Waals surface area contributed by atoms with Crippen LogP contribution in [0.4, 0.5) is 4.79 Å². The highest BCUT2D eigenvalue weighted by Gasteiger charge is 2.45. The fourth-order valence-corrected chi connectivity index (χ4v) is 5.21. The van der Waals surface area contributed by atoms with Gasteiger partial charge >= 0.3 is 12.0 Å². The molecule has 1 saturated heterocycles. The fraction of sp³-hybridized carbons (Fsp3) is 0.267. The minimum absolute atomic E-state index is 0.0125. The first-order chi connectivity index (χ1) is 18.7. The predicted molar refractivity (Wildman–Crippen MR) is 150 cm³/mol. The molecule has 1 heterocycles. The van der Waals surface area contributed by atoms with Crippen LogP contribution in [0.2, 0.25) is 0 Å². The lowest BCUT2D eigenvalue weighted by Gasteiger charge is -2.37. The van der Waals surface area contributed by atoms with Gasteiger partial charge in [-0.25, -0.2) is 14.5 Å². The summed E-state index contributed by atoms with van der Waals surface area (Å²) < 4.78 is 0. The fourth-order valence-electron chi connectivity index (χ4n) is 5.01. The molecule has 4 amide bonds. The smallest absolute Gasteiger partial charge is 0.327 e. The van der Waals surface area contributed by atoms with Crippen LogP contribution in [0.3, 0.4) is 0 Å². The first-order valence-electron chi connectivity index (χ1n) is 12.8. The van der Waals surface area contributed by atoms with Crippen LogP contribution >= 0.6 is 12.6 Å². The topological polar surface area (TPSA) is 116 Å². The van der Waals surface area contributed by atoms with Crippen LogP contribution in [0, 0.1) is 0 Å². The molecule has 3 aromatic rings. The molecule has 3 N–H and O–H groups in total. The van der Waals surface area contributed by atoms with E-state index in [0.717, 1.165) is 21.6 Å². The summed E-state index contributed by atoms with van der Waals surface area (Å²) in [6.07, 6.45) is -0.0395. The van der Waals surface area contributed by atoms with E-state index in [1.807, 2.05) is 91.0 Å². The largest absolute Gasteiger partial charge is 0.480 e. The average molecular weight is 546 g/mol. The van der Waals surface area contributed by atoms with E-state index in [1.165, 1.54) is 0 Å². The molecule has 9 heteroatoms. The number of nitrogens with zero attached hydrogens (tertiary/aromatic N) is 1. The minimum Gasteiger partial charge on any atom is -0.480 e. The van der Waals surface area contributed by atoms with Crippen molar-refractivity contribution < 1.29 is 24.3 Å². The van der Waals surface area contributed by atoms with E-state index < -0.39 is 35.5 Å². The second-order valence-electron chi connectivity index (χ2n) is 9.58. The molecule has 3 atom stereocenters. The quantitative estimate of drug-likeness (QED) is 0.165. The predicted octanol–water partition coefficient (Wildman–Crippen LogP) is 3.96. The molecule has 8 nitrogen and oxygen atoms in total. The van der Waals surface area contributed by atoms with Crippen LogP contribution in [0.15, 0.2) is 91.0 Å². The second kappa shape index (κ2) is 12.2. The normalized spacial score (nSPS) is 16.9. The van der Waals surface area contributed by atoms with Crippen LogP contribution in [0.5, 0.6) is 0 Å². The van der Waals surface area contributed by atoms with Crippen LogP contribution in [-0.2, 0) is 19.9 Å². The maximum Gasteiger partial charge on any atom is 0.327 e. The van der Waals surface area contributed by atoms with Gasteiger partial charge in [0.1, 0.15) is 17.6 Å². The number of hydrogen-bond acceptors (Lipinski definition) is 5. The number of hydrogen-bond donors (Lipinski definition) is 4. The van der Waals surface area contributed by atoms with Crippen molar-refractivity contribution in [2.24, 2.45) is 0 Å². The molecule has 39 heavy (non-hydrogen) atoms. The van der Waals surface area contributed by atoms with E-state index >= 15 is 0 Å². The van der Waals surface area contributed by atoms with E-state index in [2.05, 4.69) is 23.3 Å². The maximum atomic E-state index is 13.5. The van der Waals surface area contributed by atoms with Crippen LogP contribution in [-0.4, -0.2) is 51.2 Å². The Labute approximate surface area is 232 Å². The molecular formula is C30H31N3O5S. The molecule has 0 saturated carbocycles. The molecule has 0 radical (unpaired) electrons. The van der Waals surface area contributed by atoms with Gasteiger partial charge in [-0.05, 0) is 29.5 Å². The van der Waals surface area contributed by atoms with Gasteiger partial charge in [-0.1, -0.05) is 97.9 Å². The Morgan fingerprint density at radius 3 is 1.79 bits per heavy atom. The summed E-state index contributed by atoms with van der Waals surface area (Å²) in [5, 5.41) is 15.0. The van der Waals surface area contributed by atoms with Gasteiger partial charge < -0.3 is 15.7 Å². The molecule has 202 valence electrons. The molecule has 3 aromatic carbocycles. The van der Waals surface area contributed by atoms with Gasteiger partial charge in [-0.15, -0.1) is 0 Å². The van der Waals surface area contributed by atoms with E-state index in [4.69, 9.17) is 0 Å². The molecule has 1 aliphatic heterocycles. The van der Waals surface area contributed by atoms with Crippen molar-refractivity contribution in [2.75, 3.05) is 0 Å². The number of carbonyl (C=O) groups is 4. The number of imide groups is 1. The second-order valence-corrected chi connectivity index (χ2v) is 10.5. The van der Waals surface area contributed by atoms with E-state index in [9.17, 15) is 24.3 Å². The van der Waals surface area contributed by atoms with Crippen molar-refractivity contribution in [3.05, 3.63) is 108 Å². The number of benzene rings is 3.